The molecule has 20 heavy (non-hydrogen) atoms. The van der Waals surface area contributed by atoms with Crippen molar-refractivity contribution < 1.29 is 22.7 Å². The van der Waals surface area contributed by atoms with Gasteiger partial charge in [0, 0.05) is 19.6 Å². The van der Waals surface area contributed by atoms with Gasteiger partial charge in [-0.3, -0.25) is 0 Å². The van der Waals surface area contributed by atoms with E-state index in [4.69, 9.17) is 16.3 Å². The highest BCUT2D eigenvalue weighted by atomic mass is 35.5. The molecule has 112 valence electrons. The molecule has 1 aliphatic heterocycles. The molecule has 8 heteroatoms. The zero-order valence-corrected chi connectivity index (χ0v) is 12.3. The van der Waals surface area contributed by atoms with E-state index < -0.39 is 27.5 Å². The summed E-state index contributed by atoms with van der Waals surface area (Å²) in [5.74, 6) is -0.703. The van der Waals surface area contributed by atoms with Crippen molar-refractivity contribution in [3.8, 4) is 0 Å². The van der Waals surface area contributed by atoms with Crippen molar-refractivity contribution >= 4 is 21.6 Å². The number of nitrogens with one attached hydrogen (secondary N) is 1. The molecule has 1 aliphatic rings. The minimum absolute atomic E-state index is 0.0818. The van der Waals surface area contributed by atoms with Gasteiger partial charge >= 0.3 is 0 Å². The van der Waals surface area contributed by atoms with Crippen molar-refractivity contribution in [3.05, 3.63) is 29.0 Å². The normalized spacial score (nSPS) is 26.9. The zero-order valence-electron chi connectivity index (χ0n) is 10.8. The van der Waals surface area contributed by atoms with Crippen LogP contribution in [0.25, 0.3) is 0 Å². The molecule has 2 rings (SSSR count). The Labute approximate surface area is 121 Å². The average Bonchev–Trinajstić information content (AvgIpc) is 2.71. The van der Waals surface area contributed by atoms with Crippen LogP contribution in [0.1, 0.15) is 13.3 Å². The van der Waals surface area contributed by atoms with Crippen molar-refractivity contribution in [2.75, 3.05) is 13.2 Å². The summed E-state index contributed by atoms with van der Waals surface area (Å²) in [7, 11) is -4.00. The summed E-state index contributed by atoms with van der Waals surface area (Å²) in [6, 6.07) is 3.08. The van der Waals surface area contributed by atoms with Gasteiger partial charge in [0.2, 0.25) is 10.0 Å². The van der Waals surface area contributed by atoms with Gasteiger partial charge in [-0.15, -0.1) is 0 Å². The highest BCUT2D eigenvalue weighted by molar-refractivity contribution is 7.89. The van der Waals surface area contributed by atoms with E-state index in [1.54, 1.807) is 6.92 Å². The molecule has 2 N–H and O–H groups in total. The van der Waals surface area contributed by atoms with E-state index in [2.05, 4.69) is 4.72 Å². The van der Waals surface area contributed by atoms with Gasteiger partial charge in [-0.05, 0) is 25.1 Å². The summed E-state index contributed by atoms with van der Waals surface area (Å²) in [5.41, 5.74) is -1.27. The predicted octanol–water partition coefficient (Wildman–Crippen LogP) is 1.30. The molecule has 0 spiro atoms. The Morgan fingerprint density at radius 3 is 2.90 bits per heavy atom. The van der Waals surface area contributed by atoms with E-state index in [0.29, 0.717) is 13.0 Å². The molecule has 1 saturated heterocycles. The summed E-state index contributed by atoms with van der Waals surface area (Å²) in [4.78, 5) is -0.352. The number of hydrogen-bond acceptors (Lipinski definition) is 4. The smallest absolute Gasteiger partial charge is 0.242 e. The van der Waals surface area contributed by atoms with Gasteiger partial charge in [0.25, 0.3) is 0 Å². The number of hydrogen-bond donors (Lipinski definition) is 2. The quantitative estimate of drug-likeness (QED) is 0.875. The van der Waals surface area contributed by atoms with E-state index in [-0.39, 0.29) is 16.5 Å². The van der Waals surface area contributed by atoms with E-state index >= 15 is 0 Å². The molecule has 1 heterocycles. The number of aliphatic hydroxyl groups is 1. The number of ether oxygens (including phenoxy) is 1. The second-order valence-electron chi connectivity index (χ2n) is 4.77. The third-order valence-corrected chi connectivity index (χ3v) is 5.29. The maximum atomic E-state index is 13.1. The summed E-state index contributed by atoms with van der Waals surface area (Å²) < 4.78 is 44.8. The minimum Gasteiger partial charge on any atom is -0.386 e. The topological polar surface area (TPSA) is 75.6 Å². The van der Waals surface area contributed by atoms with Crippen LogP contribution in [0.3, 0.4) is 0 Å². The Kier molecular flexibility index (Phi) is 4.36. The van der Waals surface area contributed by atoms with Gasteiger partial charge in [-0.25, -0.2) is 17.5 Å². The van der Waals surface area contributed by atoms with Gasteiger partial charge in [0.05, 0.1) is 11.1 Å². The predicted molar refractivity (Wildman–Crippen MR) is 71.6 cm³/mol. The summed E-state index contributed by atoms with van der Waals surface area (Å²) in [6.45, 7) is 1.81. The van der Waals surface area contributed by atoms with Gasteiger partial charge in [-0.1, -0.05) is 11.6 Å². The lowest BCUT2D eigenvalue weighted by molar-refractivity contribution is -0.0228. The molecule has 0 amide bonds. The van der Waals surface area contributed by atoms with Crippen molar-refractivity contribution in [1.82, 2.24) is 4.72 Å². The second kappa shape index (κ2) is 5.57. The van der Waals surface area contributed by atoms with Crippen LogP contribution < -0.4 is 4.72 Å². The first-order chi connectivity index (χ1) is 9.24. The Hall–Kier alpha value is -0.730. The molecular weight excluding hydrogens is 309 g/mol. The van der Waals surface area contributed by atoms with Crippen LogP contribution in [-0.4, -0.2) is 38.4 Å². The Morgan fingerprint density at radius 2 is 2.30 bits per heavy atom. The summed E-state index contributed by atoms with van der Waals surface area (Å²) in [5, 5.41) is 10.2. The maximum absolute atomic E-state index is 13.1. The number of rotatable bonds is 4. The molecule has 2 unspecified atom stereocenters. The first-order valence-corrected chi connectivity index (χ1v) is 7.89. The van der Waals surface area contributed by atoms with E-state index in [1.165, 1.54) is 6.07 Å². The molecule has 0 aliphatic carbocycles. The Bertz CT molecular complexity index is 609. The molecule has 0 bridgehead atoms. The lowest BCUT2D eigenvalue weighted by Gasteiger charge is -2.26. The molecule has 0 saturated carbocycles. The number of halogens is 2. The molecule has 0 aromatic heterocycles. The minimum atomic E-state index is -4.00. The summed E-state index contributed by atoms with van der Waals surface area (Å²) in [6.07, 6.45) is -0.152. The molecular formula is C12H15ClFNO4S. The van der Waals surface area contributed by atoms with Crippen LogP contribution in [0.15, 0.2) is 23.1 Å². The fourth-order valence-electron chi connectivity index (χ4n) is 1.98. The van der Waals surface area contributed by atoms with Gasteiger partial charge < -0.3 is 9.84 Å². The van der Waals surface area contributed by atoms with Crippen LogP contribution >= 0.6 is 11.6 Å². The monoisotopic (exact) mass is 323 g/mol. The van der Waals surface area contributed by atoms with Crippen LogP contribution in [0.2, 0.25) is 5.02 Å². The third-order valence-electron chi connectivity index (χ3n) is 3.41. The fraction of sp³-hybridized carbons (Fsp3) is 0.500. The van der Waals surface area contributed by atoms with Crippen LogP contribution in [0.4, 0.5) is 4.39 Å². The molecule has 2 atom stereocenters. The molecule has 1 fully saturated rings. The maximum Gasteiger partial charge on any atom is 0.242 e. The SMILES string of the molecule is CC1OCCC1(O)CNS(=O)(=O)c1cc(F)ccc1Cl. The lowest BCUT2D eigenvalue weighted by Crippen LogP contribution is -2.47. The molecule has 1 aromatic rings. The van der Waals surface area contributed by atoms with Crippen molar-refractivity contribution in [1.29, 1.82) is 0 Å². The van der Waals surface area contributed by atoms with Crippen LogP contribution in [0.5, 0.6) is 0 Å². The largest absolute Gasteiger partial charge is 0.386 e. The van der Waals surface area contributed by atoms with Crippen molar-refractivity contribution in [2.45, 2.75) is 29.9 Å². The Morgan fingerprint density at radius 1 is 1.60 bits per heavy atom. The zero-order chi connectivity index (χ0) is 15.0. The highest BCUT2D eigenvalue weighted by Crippen LogP contribution is 2.26. The number of benzene rings is 1. The average molecular weight is 324 g/mol. The van der Waals surface area contributed by atoms with Gasteiger partial charge in [0.15, 0.2) is 0 Å². The van der Waals surface area contributed by atoms with Gasteiger partial charge in [0.1, 0.15) is 16.3 Å². The van der Waals surface area contributed by atoms with Crippen LogP contribution in [-0.2, 0) is 14.8 Å². The fourth-order valence-corrected chi connectivity index (χ4v) is 3.59. The molecule has 5 nitrogen and oxygen atoms in total. The first kappa shape index (κ1) is 15.7. The number of sulfonamides is 1. The van der Waals surface area contributed by atoms with Gasteiger partial charge in [-0.2, -0.15) is 0 Å². The second-order valence-corrected chi connectivity index (χ2v) is 6.91. The lowest BCUT2D eigenvalue weighted by atomic mass is 9.97. The third kappa shape index (κ3) is 3.12. The van der Waals surface area contributed by atoms with Crippen LogP contribution in [0, 0.1) is 5.82 Å². The molecule has 1 aromatic carbocycles. The standard InChI is InChI=1S/C12H15ClFNO4S/c1-8-12(16,4-5-19-8)7-15-20(17,18)11-6-9(14)2-3-10(11)13/h2-3,6,8,15-16H,4-5,7H2,1H3. The van der Waals surface area contributed by atoms with E-state index in [9.17, 15) is 17.9 Å². The summed E-state index contributed by atoms with van der Waals surface area (Å²) >= 11 is 5.77. The van der Waals surface area contributed by atoms with Crippen molar-refractivity contribution in [2.24, 2.45) is 0 Å². The van der Waals surface area contributed by atoms with E-state index in [0.717, 1.165) is 12.1 Å². The first-order valence-electron chi connectivity index (χ1n) is 6.03. The molecule has 0 radical (unpaired) electrons. The van der Waals surface area contributed by atoms with Crippen molar-refractivity contribution in [3.63, 3.8) is 0 Å². The van der Waals surface area contributed by atoms with E-state index in [1.807, 2.05) is 0 Å². The Balaban J connectivity index is 2.18. The highest BCUT2D eigenvalue weighted by Gasteiger charge is 2.40.